The number of nitrogens with two attached hydrogens (primary N) is 1. The summed E-state index contributed by atoms with van der Waals surface area (Å²) in [5.74, 6) is 0. The van der Waals surface area contributed by atoms with E-state index in [1.165, 1.54) is 4.90 Å². The summed E-state index contributed by atoms with van der Waals surface area (Å²) in [6.07, 6.45) is 2.27. The number of amides is 1. The Bertz CT molecular complexity index is 544. The van der Waals surface area contributed by atoms with Crippen LogP contribution in [0.15, 0.2) is 18.5 Å². The molecule has 0 spiro atoms. The van der Waals surface area contributed by atoms with Gasteiger partial charge in [-0.15, -0.1) is 0 Å². The fraction of sp³-hybridized carbons (Fsp3) is 0.625. The van der Waals surface area contributed by atoms with Crippen LogP contribution in [0.1, 0.15) is 26.3 Å². The standard InChI is InChI=1S/C16H25N3O4/c1-16(2,3)23-15(21)19-6-7-22-10-13(19)14(20)8-11-9-18-5-4-12(11)17/h4-5,9,13-14,20H,6-8,10H2,1-3H3,(H2,17,18). The van der Waals surface area contributed by atoms with Crippen molar-refractivity contribution in [3.8, 4) is 0 Å². The number of anilines is 1. The Kier molecular flexibility index (Phi) is 5.43. The molecule has 7 heteroatoms. The second kappa shape index (κ2) is 7.14. The molecule has 1 aromatic rings. The molecule has 2 rings (SSSR count). The molecule has 2 unspecified atom stereocenters. The molecule has 7 nitrogen and oxygen atoms in total. The lowest BCUT2D eigenvalue weighted by Crippen LogP contribution is -2.55. The number of nitrogen functional groups attached to an aromatic ring is 1. The molecule has 3 N–H and O–H groups in total. The van der Waals surface area contributed by atoms with Crippen molar-refractivity contribution in [3.63, 3.8) is 0 Å². The number of hydrogen-bond donors (Lipinski definition) is 2. The second-order valence-electron chi connectivity index (χ2n) is 6.66. The summed E-state index contributed by atoms with van der Waals surface area (Å²) in [6, 6.07) is 1.21. The molecular formula is C16H25N3O4. The fourth-order valence-corrected chi connectivity index (χ4v) is 2.46. The Balaban J connectivity index is 2.08. The van der Waals surface area contributed by atoms with Crippen LogP contribution in [-0.4, -0.2) is 58.6 Å². The Morgan fingerprint density at radius 3 is 3.00 bits per heavy atom. The van der Waals surface area contributed by atoms with Gasteiger partial charge in [0.2, 0.25) is 0 Å². The van der Waals surface area contributed by atoms with E-state index >= 15 is 0 Å². The molecule has 2 heterocycles. The van der Waals surface area contributed by atoms with Gasteiger partial charge in [-0.2, -0.15) is 0 Å². The minimum absolute atomic E-state index is 0.264. The highest BCUT2D eigenvalue weighted by molar-refractivity contribution is 5.68. The average Bonchev–Trinajstić information content (AvgIpc) is 2.48. The number of nitrogens with zero attached hydrogens (tertiary/aromatic N) is 2. The molecule has 1 amide bonds. The van der Waals surface area contributed by atoms with Crippen LogP contribution in [0.2, 0.25) is 0 Å². The number of pyridine rings is 1. The Morgan fingerprint density at radius 1 is 1.61 bits per heavy atom. The van der Waals surface area contributed by atoms with Crippen LogP contribution in [-0.2, 0) is 15.9 Å². The maximum atomic E-state index is 12.3. The fourth-order valence-electron chi connectivity index (χ4n) is 2.46. The molecule has 2 atom stereocenters. The summed E-state index contributed by atoms with van der Waals surface area (Å²) < 4.78 is 10.8. The summed E-state index contributed by atoms with van der Waals surface area (Å²) in [5, 5.41) is 10.6. The Labute approximate surface area is 136 Å². The number of carbonyl (C=O) groups excluding carboxylic acids is 1. The van der Waals surface area contributed by atoms with Crippen LogP contribution in [0.4, 0.5) is 10.5 Å². The van der Waals surface area contributed by atoms with E-state index in [4.69, 9.17) is 15.2 Å². The number of aliphatic hydroxyl groups is 1. The molecule has 128 valence electrons. The normalized spacial score (nSPS) is 20.2. The van der Waals surface area contributed by atoms with E-state index in [0.29, 0.717) is 25.3 Å². The molecule has 0 radical (unpaired) electrons. The van der Waals surface area contributed by atoms with E-state index in [0.717, 1.165) is 5.56 Å². The minimum atomic E-state index is -0.811. The summed E-state index contributed by atoms with van der Waals surface area (Å²) in [5.41, 5.74) is 6.62. The first-order valence-electron chi connectivity index (χ1n) is 7.72. The molecule has 0 saturated carbocycles. The van der Waals surface area contributed by atoms with Gasteiger partial charge in [0.05, 0.1) is 25.4 Å². The number of rotatable bonds is 3. The average molecular weight is 323 g/mol. The number of hydrogen-bond acceptors (Lipinski definition) is 6. The van der Waals surface area contributed by atoms with E-state index in [-0.39, 0.29) is 6.61 Å². The minimum Gasteiger partial charge on any atom is -0.444 e. The lowest BCUT2D eigenvalue weighted by atomic mass is 10.0. The van der Waals surface area contributed by atoms with Gasteiger partial charge in [0.1, 0.15) is 5.60 Å². The van der Waals surface area contributed by atoms with E-state index in [1.807, 2.05) is 20.8 Å². The van der Waals surface area contributed by atoms with E-state index < -0.39 is 23.8 Å². The van der Waals surface area contributed by atoms with Gasteiger partial charge in [-0.3, -0.25) is 9.88 Å². The maximum absolute atomic E-state index is 12.3. The maximum Gasteiger partial charge on any atom is 0.410 e. The number of aromatic nitrogens is 1. The zero-order valence-electron chi connectivity index (χ0n) is 13.9. The topological polar surface area (TPSA) is 97.9 Å². The molecule has 1 saturated heterocycles. The van der Waals surface area contributed by atoms with Gasteiger partial charge < -0.3 is 20.3 Å². The number of morpholine rings is 1. The quantitative estimate of drug-likeness (QED) is 0.867. The predicted molar refractivity (Wildman–Crippen MR) is 85.9 cm³/mol. The molecular weight excluding hydrogens is 298 g/mol. The third-order valence-corrected chi connectivity index (χ3v) is 3.61. The molecule has 0 aliphatic carbocycles. The number of aliphatic hydroxyl groups excluding tert-OH is 1. The SMILES string of the molecule is CC(C)(C)OC(=O)N1CCOCC1C(O)Cc1cnccc1N. The van der Waals surface area contributed by atoms with Crippen LogP contribution in [0.5, 0.6) is 0 Å². The molecule has 1 aliphatic rings. The third kappa shape index (κ3) is 4.80. The van der Waals surface area contributed by atoms with Crippen molar-refractivity contribution < 1.29 is 19.4 Å². The molecule has 1 aromatic heterocycles. The molecule has 0 bridgehead atoms. The van der Waals surface area contributed by atoms with Crippen molar-refractivity contribution in [2.24, 2.45) is 0 Å². The third-order valence-electron chi connectivity index (χ3n) is 3.61. The molecule has 1 aliphatic heterocycles. The first-order chi connectivity index (χ1) is 10.8. The van der Waals surface area contributed by atoms with Crippen LogP contribution in [0, 0.1) is 0 Å². The number of carbonyl (C=O) groups is 1. The van der Waals surface area contributed by atoms with E-state index in [1.54, 1.807) is 18.5 Å². The smallest absolute Gasteiger partial charge is 0.410 e. The highest BCUT2D eigenvalue weighted by Gasteiger charge is 2.35. The van der Waals surface area contributed by atoms with Gasteiger partial charge in [0, 0.05) is 31.0 Å². The van der Waals surface area contributed by atoms with Crippen molar-refractivity contribution in [3.05, 3.63) is 24.0 Å². The second-order valence-corrected chi connectivity index (χ2v) is 6.66. The first-order valence-corrected chi connectivity index (χ1v) is 7.72. The Hall–Kier alpha value is -1.86. The van der Waals surface area contributed by atoms with Gasteiger partial charge in [0.15, 0.2) is 0 Å². The Morgan fingerprint density at radius 2 is 2.35 bits per heavy atom. The van der Waals surface area contributed by atoms with Crippen molar-refractivity contribution in [1.29, 1.82) is 0 Å². The zero-order chi connectivity index (χ0) is 17.0. The summed E-state index contributed by atoms with van der Waals surface area (Å²) >= 11 is 0. The van der Waals surface area contributed by atoms with Crippen molar-refractivity contribution in [2.75, 3.05) is 25.5 Å². The highest BCUT2D eigenvalue weighted by atomic mass is 16.6. The predicted octanol–water partition coefficient (Wildman–Crippen LogP) is 1.20. The molecule has 0 aromatic carbocycles. The zero-order valence-corrected chi connectivity index (χ0v) is 13.9. The highest BCUT2D eigenvalue weighted by Crippen LogP contribution is 2.20. The summed E-state index contributed by atoms with van der Waals surface area (Å²) in [4.78, 5) is 17.9. The van der Waals surface area contributed by atoms with Gasteiger partial charge in [-0.05, 0) is 32.4 Å². The van der Waals surface area contributed by atoms with Crippen LogP contribution >= 0.6 is 0 Å². The lowest BCUT2D eigenvalue weighted by molar-refractivity contribution is -0.0659. The van der Waals surface area contributed by atoms with Crippen molar-refractivity contribution >= 4 is 11.8 Å². The van der Waals surface area contributed by atoms with Gasteiger partial charge in [-0.1, -0.05) is 0 Å². The van der Waals surface area contributed by atoms with E-state index in [2.05, 4.69) is 4.98 Å². The van der Waals surface area contributed by atoms with Crippen LogP contribution < -0.4 is 5.73 Å². The van der Waals surface area contributed by atoms with Crippen LogP contribution in [0.25, 0.3) is 0 Å². The van der Waals surface area contributed by atoms with Crippen molar-refractivity contribution in [2.45, 2.75) is 44.9 Å². The summed E-state index contributed by atoms with van der Waals surface area (Å²) in [6.45, 7) is 6.52. The molecule has 23 heavy (non-hydrogen) atoms. The first kappa shape index (κ1) is 17.5. The van der Waals surface area contributed by atoms with Gasteiger partial charge >= 0.3 is 6.09 Å². The number of ether oxygens (including phenoxy) is 2. The largest absolute Gasteiger partial charge is 0.444 e. The molecule has 1 fully saturated rings. The van der Waals surface area contributed by atoms with Crippen LogP contribution in [0.3, 0.4) is 0 Å². The van der Waals surface area contributed by atoms with Crippen molar-refractivity contribution in [1.82, 2.24) is 9.88 Å². The lowest BCUT2D eigenvalue weighted by Gasteiger charge is -2.38. The van der Waals surface area contributed by atoms with Gasteiger partial charge in [0.25, 0.3) is 0 Å². The summed E-state index contributed by atoms with van der Waals surface area (Å²) in [7, 11) is 0. The van der Waals surface area contributed by atoms with Gasteiger partial charge in [-0.25, -0.2) is 4.79 Å². The monoisotopic (exact) mass is 323 g/mol. The van der Waals surface area contributed by atoms with E-state index in [9.17, 15) is 9.90 Å².